The lowest BCUT2D eigenvalue weighted by atomic mass is 10.1. The molecule has 0 radical (unpaired) electrons. The van der Waals surface area contributed by atoms with Crippen molar-refractivity contribution in [3.8, 4) is 5.75 Å². The van der Waals surface area contributed by atoms with Crippen LogP contribution in [0.25, 0.3) is 17.0 Å². The maximum Gasteiger partial charge on any atom is 0.288 e. The summed E-state index contributed by atoms with van der Waals surface area (Å²) in [5.74, 6) is 0.323. The molecule has 2 aromatic carbocycles. The number of methoxy groups -OCH3 is 1. The minimum Gasteiger partial charge on any atom is -0.493 e. The van der Waals surface area contributed by atoms with E-state index < -0.39 is 4.92 Å². The zero-order valence-corrected chi connectivity index (χ0v) is 13.8. The molecule has 1 heterocycles. The molecule has 0 amide bonds. The van der Waals surface area contributed by atoms with Gasteiger partial charge in [0.05, 0.1) is 12.0 Å². The minimum absolute atomic E-state index is 0.0397. The first kappa shape index (κ1) is 16.7. The molecule has 0 fully saturated rings. The SMILES string of the molecule is COc1cccc2cc(C(=O)/C=C/c3ccc(Cl)c([N+](=O)[O-])c3)oc12. The summed E-state index contributed by atoms with van der Waals surface area (Å²) in [5, 5.41) is 11.7. The Hall–Kier alpha value is -3.12. The Morgan fingerprint density at radius 3 is 2.80 bits per heavy atom. The van der Waals surface area contributed by atoms with Gasteiger partial charge in [0.15, 0.2) is 17.1 Å². The Bertz CT molecular complexity index is 1010. The number of carbonyl (C=O) groups is 1. The van der Waals surface area contributed by atoms with Crippen LogP contribution >= 0.6 is 11.6 Å². The number of nitro benzene ring substituents is 1. The molecule has 3 rings (SSSR count). The number of rotatable bonds is 5. The Kier molecular flexibility index (Phi) is 4.54. The average molecular weight is 358 g/mol. The summed E-state index contributed by atoms with van der Waals surface area (Å²) in [7, 11) is 1.52. The first-order valence-corrected chi connectivity index (χ1v) is 7.60. The smallest absolute Gasteiger partial charge is 0.288 e. The van der Waals surface area contributed by atoms with Gasteiger partial charge in [-0.05, 0) is 29.8 Å². The van der Waals surface area contributed by atoms with Crippen molar-refractivity contribution in [2.75, 3.05) is 7.11 Å². The second kappa shape index (κ2) is 6.78. The molecular formula is C18H12ClNO5. The zero-order valence-electron chi connectivity index (χ0n) is 13.1. The van der Waals surface area contributed by atoms with E-state index in [1.54, 1.807) is 24.3 Å². The van der Waals surface area contributed by atoms with Gasteiger partial charge in [-0.2, -0.15) is 0 Å². The lowest BCUT2D eigenvalue weighted by Crippen LogP contribution is -1.92. The third-order valence-electron chi connectivity index (χ3n) is 3.56. The van der Waals surface area contributed by atoms with Crippen molar-refractivity contribution >= 4 is 40.1 Å². The first-order valence-electron chi connectivity index (χ1n) is 7.22. The van der Waals surface area contributed by atoms with Crippen LogP contribution in [0.3, 0.4) is 0 Å². The van der Waals surface area contributed by atoms with E-state index in [1.165, 1.54) is 31.4 Å². The highest BCUT2D eigenvalue weighted by Gasteiger charge is 2.14. The summed E-state index contributed by atoms with van der Waals surface area (Å²) in [5.41, 5.74) is 0.756. The van der Waals surface area contributed by atoms with Crippen LogP contribution < -0.4 is 4.74 Å². The largest absolute Gasteiger partial charge is 0.493 e. The van der Waals surface area contributed by atoms with E-state index in [1.807, 2.05) is 6.07 Å². The molecule has 0 unspecified atom stereocenters. The monoisotopic (exact) mass is 357 g/mol. The number of furan rings is 1. The van der Waals surface area contributed by atoms with Crippen LogP contribution in [0, 0.1) is 10.1 Å². The van der Waals surface area contributed by atoms with E-state index in [0.29, 0.717) is 16.9 Å². The fraction of sp³-hybridized carbons (Fsp3) is 0.0556. The molecule has 6 nitrogen and oxygen atoms in total. The van der Waals surface area contributed by atoms with E-state index >= 15 is 0 Å². The van der Waals surface area contributed by atoms with Crippen LogP contribution in [0.1, 0.15) is 16.1 Å². The minimum atomic E-state index is -0.576. The number of allylic oxidation sites excluding steroid dienone is 1. The topological polar surface area (TPSA) is 82.6 Å². The van der Waals surface area contributed by atoms with Crippen LogP contribution in [0.2, 0.25) is 5.02 Å². The molecule has 0 aliphatic heterocycles. The highest BCUT2D eigenvalue weighted by atomic mass is 35.5. The quantitative estimate of drug-likeness (QED) is 0.281. The number of fused-ring (bicyclic) bond motifs is 1. The van der Waals surface area contributed by atoms with Gasteiger partial charge >= 0.3 is 0 Å². The van der Waals surface area contributed by atoms with Crippen molar-refractivity contribution in [1.82, 2.24) is 0 Å². The van der Waals surface area contributed by atoms with Gasteiger partial charge in [0.2, 0.25) is 5.78 Å². The van der Waals surface area contributed by atoms with Gasteiger partial charge in [-0.25, -0.2) is 0 Å². The number of hydrogen-bond donors (Lipinski definition) is 0. The molecule has 0 aliphatic rings. The van der Waals surface area contributed by atoms with Gasteiger partial charge < -0.3 is 9.15 Å². The maximum absolute atomic E-state index is 12.3. The molecule has 7 heteroatoms. The van der Waals surface area contributed by atoms with Gasteiger partial charge in [0, 0.05) is 11.5 Å². The van der Waals surface area contributed by atoms with Crippen molar-refractivity contribution in [1.29, 1.82) is 0 Å². The summed E-state index contributed by atoms with van der Waals surface area (Å²) in [4.78, 5) is 22.6. The second-order valence-corrected chi connectivity index (χ2v) is 5.56. The molecule has 1 aromatic heterocycles. The van der Waals surface area contributed by atoms with E-state index in [4.69, 9.17) is 20.8 Å². The predicted molar refractivity (Wildman–Crippen MR) is 94.2 cm³/mol. The van der Waals surface area contributed by atoms with Gasteiger partial charge in [-0.3, -0.25) is 14.9 Å². The summed E-state index contributed by atoms with van der Waals surface area (Å²) < 4.78 is 10.8. The Balaban J connectivity index is 1.88. The van der Waals surface area contributed by atoms with Crippen molar-refractivity contribution in [3.63, 3.8) is 0 Å². The summed E-state index contributed by atoms with van der Waals surface area (Å²) in [6.45, 7) is 0. The molecule has 25 heavy (non-hydrogen) atoms. The highest BCUT2D eigenvalue weighted by Crippen LogP contribution is 2.29. The van der Waals surface area contributed by atoms with Crippen LogP contribution in [-0.2, 0) is 0 Å². The van der Waals surface area contributed by atoms with Crippen molar-refractivity contribution in [2.24, 2.45) is 0 Å². The number of ether oxygens (including phenoxy) is 1. The number of hydrogen-bond acceptors (Lipinski definition) is 5. The van der Waals surface area contributed by atoms with Crippen molar-refractivity contribution < 1.29 is 18.9 Å². The van der Waals surface area contributed by atoms with Crippen LogP contribution in [0.5, 0.6) is 5.75 Å². The Labute approximate surface area is 147 Å². The summed E-state index contributed by atoms with van der Waals surface area (Å²) in [6, 6.07) is 11.3. The van der Waals surface area contributed by atoms with Crippen LogP contribution in [-0.4, -0.2) is 17.8 Å². The fourth-order valence-electron chi connectivity index (χ4n) is 2.35. The van der Waals surface area contributed by atoms with E-state index in [9.17, 15) is 14.9 Å². The molecular weight excluding hydrogens is 346 g/mol. The number of halogens is 1. The molecule has 126 valence electrons. The fourth-order valence-corrected chi connectivity index (χ4v) is 2.53. The lowest BCUT2D eigenvalue weighted by molar-refractivity contribution is -0.384. The normalized spacial score (nSPS) is 11.1. The lowest BCUT2D eigenvalue weighted by Gasteiger charge is -1.98. The Morgan fingerprint density at radius 1 is 1.28 bits per heavy atom. The maximum atomic E-state index is 12.3. The van der Waals surface area contributed by atoms with Crippen LogP contribution in [0.4, 0.5) is 5.69 Å². The number of nitrogens with zero attached hydrogens (tertiary/aromatic N) is 1. The number of para-hydroxylation sites is 1. The van der Waals surface area contributed by atoms with Crippen molar-refractivity contribution in [2.45, 2.75) is 0 Å². The van der Waals surface area contributed by atoms with E-state index in [0.717, 1.165) is 5.39 Å². The molecule has 3 aromatic rings. The van der Waals surface area contributed by atoms with Gasteiger partial charge in [-0.1, -0.05) is 35.9 Å². The molecule has 0 atom stereocenters. The molecule has 0 saturated carbocycles. The third kappa shape index (κ3) is 3.39. The van der Waals surface area contributed by atoms with Gasteiger partial charge in [-0.15, -0.1) is 0 Å². The number of carbonyl (C=O) groups excluding carboxylic acids is 1. The standard InChI is InChI=1S/C18H12ClNO5/c1-24-16-4-2-3-12-10-17(25-18(12)16)15(21)8-6-11-5-7-13(19)14(9-11)20(22)23/h2-10H,1H3/b8-6+. The summed E-state index contributed by atoms with van der Waals surface area (Å²) >= 11 is 5.76. The molecule has 0 aliphatic carbocycles. The van der Waals surface area contributed by atoms with Crippen molar-refractivity contribution in [3.05, 3.63) is 75.0 Å². The predicted octanol–water partition coefficient (Wildman–Crippen LogP) is 4.90. The molecule has 0 N–H and O–H groups in total. The van der Waals surface area contributed by atoms with E-state index in [2.05, 4.69) is 0 Å². The highest BCUT2D eigenvalue weighted by molar-refractivity contribution is 6.32. The van der Waals surface area contributed by atoms with Gasteiger partial charge in [0.25, 0.3) is 5.69 Å². The van der Waals surface area contributed by atoms with E-state index in [-0.39, 0.29) is 22.3 Å². The summed E-state index contributed by atoms with van der Waals surface area (Å²) in [6.07, 6.45) is 2.76. The number of nitro groups is 1. The third-order valence-corrected chi connectivity index (χ3v) is 3.88. The second-order valence-electron chi connectivity index (χ2n) is 5.15. The Morgan fingerprint density at radius 2 is 2.08 bits per heavy atom. The van der Waals surface area contributed by atoms with Crippen LogP contribution in [0.15, 0.2) is 53.0 Å². The molecule has 0 saturated heterocycles. The first-order chi connectivity index (χ1) is 12.0. The average Bonchev–Trinajstić information content (AvgIpc) is 3.04. The van der Waals surface area contributed by atoms with Gasteiger partial charge in [0.1, 0.15) is 5.02 Å². The molecule has 0 spiro atoms. The number of benzene rings is 2. The number of ketones is 1. The zero-order chi connectivity index (χ0) is 18.0. The molecule has 0 bridgehead atoms.